The van der Waals surface area contributed by atoms with Gasteiger partial charge < -0.3 is 14.6 Å². The first kappa shape index (κ1) is 9.77. The number of carbonyl (C=O) groups is 2. The summed E-state index contributed by atoms with van der Waals surface area (Å²) in [6.45, 7) is 0. The van der Waals surface area contributed by atoms with Crippen LogP contribution in [0.2, 0.25) is 0 Å². The minimum atomic E-state index is -0.997. The van der Waals surface area contributed by atoms with Gasteiger partial charge in [-0.1, -0.05) is 6.08 Å². The predicted octanol–water partition coefficient (Wildman–Crippen LogP) is -0.508. The molecule has 4 heteroatoms. The van der Waals surface area contributed by atoms with Gasteiger partial charge in [0, 0.05) is 12.0 Å². The monoisotopic (exact) mass is 183 g/mol. The normalized spacial score (nSPS) is 26.8. The van der Waals surface area contributed by atoms with E-state index in [1.165, 1.54) is 13.2 Å². The van der Waals surface area contributed by atoms with E-state index in [9.17, 15) is 14.7 Å². The highest BCUT2D eigenvalue weighted by Crippen LogP contribution is 2.33. The van der Waals surface area contributed by atoms with Crippen LogP contribution in [0.3, 0.4) is 0 Å². The van der Waals surface area contributed by atoms with Crippen molar-refractivity contribution >= 4 is 11.9 Å². The topological polar surface area (TPSA) is 66.4 Å². The van der Waals surface area contributed by atoms with Crippen LogP contribution in [0.1, 0.15) is 12.8 Å². The Labute approximate surface area is 76.2 Å². The van der Waals surface area contributed by atoms with Crippen molar-refractivity contribution in [2.45, 2.75) is 12.8 Å². The first-order valence-electron chi connectivity index (χ1n) is 4.10. The molecule has 0 aliphatic heterocycles. The summed E-state index contributed by atoms with van der Waals surface area (Å²) in [6.07, 6.45) is 4.15. The third-order valence-electron chi connectivity index (χ3n) is 2.21. The summed E-state index contributed by atoms with van der Waals surface area (Å²) >= 11 is 0. The Bertz CT molecular complexity index is 238. The van der Waals surface area contributed by atoms with Gasteiger partial charge in [0.25, 0.3) is 0 Å². The molecule has 0 N–H and O–H groups in total. The van der Waals surface area contributed by atoms with Crippen molar-refractivity contribution < 1.29 is 19.4 Å². The number of carboxylic acids is 1. The Morgan fingerprint density at radius 1 is 1.46 bits per heavy atom. The number of methoxy groups -OCH3 is 1. The quantitative estimate of drug-likeness (QED) is 0.436. The maximum atomic E-state index is 10.6. The van der Waals surface area contributed by atoms with E-state index in [0.717, 1.165) is 0 Å². The fourth-order valence-electron chi connectivity index (χ4n) is 1.29. The zero-order chi connectivity index (χ0) is 9.84. The number of hydrogen-bond acceptors (Lipinski definition) is 4. The molecule has 0 heterocycles. The molecule has 1 rings (SSSR count). The fourth-order valence-corrected chi connectivity index (χ4v) is 1.29. The number of aliphatic carboxylic acids is 1. The number of esters is 1. The standard InChI is InChI=1S/C9H12O4/c1-13-8(10)3-2-6-4-7(5-6)9(11)12/h2-3,6-7H,4-5H2,1H3,(H,11,12)/p-1/b3-2+. The Morgan fingerprint density at radius 3 is 2.54 bits per heavy atom. The first-order valence-corrected chi connectivity index (χ1v) is 4.10. The highest BCUT2D eigenvalue weighted by Gasteiger charge is 2.27. The van der Waals surface area contributed by atoms with Crippen LogP contribution in [-0.4, -0.2) is 19.0 Å². The van der Waals surface area contributed by atoms with E-state index >= 15 is 0 Å². The second-order valence-corrected chi connectivity index (χ2v) is 3.13. The third kappa shape index (κ3) is 2.57. The Kier molecular flexibility index (Phi) is 3.06. The molecule has 0 spiro atoms. The summed E-state index contributed by atoms with van der Waals surface area (Å²) in [7, 11) is 1.30. The molecule has 0 bridgehead atoms. The number of carbonyl (C=O) groups excluding carboxylic acids is 2. The smallest absolute Gasteiger partial charge is 0.330 e. The van der Waals surface area contributed by atoms with Crippen LogP contribution in [0.5, 0.6) is 0 Å². The third-order valence-corrected chi connectivity index (χ3v) is 2.21. The lowest BCUT2D eigenvalue weighted by Crippen LogP contribution is -2.39. The summed E-state index contributed by atoms with van der Waals surface area (Å²) < 4.78 is 4.39. The maximum Gasteiger partial charge on any atom is 0.330 e. The molecule has 0 aromatic heterocycles. The maximum absolute atomic E-state index is 10.6. The number of ether oxygens (including phenoxy) is 1. The second kappa shape index (κ2) is 4.07. The van der Waals surface area contributed by atoms with E-state index in [2.05, 4.69) is 4.74 Å². The molecule has 0 radical (unpaired) electrons. The summed E-state index contributed by atoms with van der Waals surface area (Å²) in [5.74, 6) is -1.56. The molecule has 0 atom stereocenters. The predicted molar refractivity (Wildman–Crippen MR) is 42.4 cm³/mol. The fraction of sp³-hybridized carbons (Fsp3) is 0.556. The van der Waals surface area contributed by atoms with E-state index in [1.54, 1.807) is 6.08 Å². The van der Waals surface area contributed by atoms with Gasteiger partial charge in [0.15, 0.2) is 0 Å². The molecule has 13 heavy (non-hydrogen) atoms. The van der Waals surface area contributed by atoms with Crippen molar-refractivity contribution in [2.24, 2.45) is 11.8 Å². The van der Waals surface area contributed by atoms with E-state index in [4.69, 9.17) is 0 Å². The zero-order valence-electron chi connectivity index (χ0n) is 7.36. The molecule has 1 aliphatic carbocycles. The van der Waals surface area contributed by atoms with Crippen LogP contribution >= 0.6 is 0 Å². The number of hydrogen-bond donors (Lipinski definition) is 0. The van der Waals surface area contributed by atoms with E-state index in [-0.39, 0.29) is 11.8 Å². The van der Waals surface area contributed by atoms with Crippen LogP contribution in [0.4, 0.5) is 0 Å². The average Bonchev–Trinajstić information content (AvgIpc) is 2.00. The minimum absolute atomic E-state index is 0.182. The highest BCUT2D eigenvalue weighted by molar-refractivity contribution is 5.81. The van der Waals surface area contributed by atoms with E-state index < -0.39 is 11.9 Å². The zero-order valence-corrected chi connectivity index (χ0v) is 7.36. The molecule has 0 amide bonds. The molecule has 0 saturated heterocycles. The van der Waals surface area contributed by atoms with Gasteiger partial charge >= 0.3 is 5.97 Å². The van der Waals surface area contributed by atoms with Gasteiger partial charge in [-0.15, -0.1) is 0 Å². The van der Waals surface area contributed by atoms with E-state index in [0.29, 0.717) is 12.8 Å². The lowest BCUT2D eigenvalue weighted by atomic mass is 9.75. The molecule has 72 valence electrons. The van der Waals surface area contributed by atoms with Gasteiger partial charge in [-0.25, -0.2) is 4.79 Å². The molecule has 0 unspecified atom stereocenters. The minimum Gasteiger partial charge on any atom is -0.550 e. The Hall–Kier alpha value is -1.32. The number of rotatable bonds is 3. The molecule has 1 aliphatic rings. The molecule has 0 aromatic carbocycles. The van der Waals surface area contributed by atoms with Crippen molar-refractivity contribution in [1.82, 2.24) is 0 Å². The lowest BCUT2D eigenvalue weighted by molar-refractivity contribution is -0.315. The second-order valence-electron chi connectivity index (χ2n) is 3.13. The van der Waals surface area contributed by atoms with Crippen LogP contribution in [-0.2, 0) is 14.3 Å². The molecular formula is C9H11O4-. The summed E-state index contributed by atoms with van der Waals surface area (Å²) in [5.41, 5.74) is 0. The van der Waals surface area contributed by atoms with Gasteiger partial charge in [-0.2, -0.15) is 0 Å². The molecule has 0 aromatic rings. The van der Waals surface area contributed by atoms with Crippen molar-refractivity contribution in [3.63, 3.8) is 0 Å². The summed E-state index contributed by atoms with van der Waals surface area (Å²) in [5, 5.41) is 10.3. The SMILES string of the molecule is COC(=O)/C=C/C1CC(C(=O)[O-])C1. The molecule has 1 saturated carbocycles. The molecule has 1 fully saturated rings. The summed E-state index contributed by atoms with van der Waals surface area (Å²) in [6, 6.07) is 0. The highest BCUT2D eigenvalue weighted by atomic mass is 16.5. The number of allylic oxidation sites excluding steroid dienone is 1. The molecule has 4 nitrogen and oxygen atoms in total. The van der Waals surface area contributed by atoms with Gasteiger partial charge in [-0.3, -0.25) is 0 Å². The number of carboxylic acid groups (broad SMARTS) is 1. The Morgan fingerprint density at radius 2 is 2.08 bits per heavy atom. The lowest BCUT2D eigenvalue weighted by Gasteiger charge is -2.33. The van der Waals surface area contributed by atoms with Crippen molar-refractivity contribution in [3.8, 4) is 0 Å². The van der Waals surface area contributed by atoms with Crippen molar-refractivity contribution in [3.05, 3.63) is 12.2 Å². The van der Waals surface area contributed by atoms with Crippen LogP contribution < -0.4 is 5.11 Å². The van der Waals surface area contributed by atoms with Crippen LogP contribution in [0.15, 0.2) is 12.2 Å². The first-order chi connectivity index (χ1) is 6.13. The van der Waals surface area contributed by atoms with E-state index in [1.807, 2.05) is 0 Å². The molecular weight excluding hydrogens is 172 g/mol. The van der Waals surface area contributed by atoms with Crippen molar-refractivity contribution in [2.75, 3.05) is 7.11 Å². The Balaban J connectivity index is 2.25. The average molecular weight is 183 g/mol. The summed E-state index contributed by atoms with van der Waals surface area (Å²) in [4.78, 5) is 20.9. The van der Waals surface area contributed by atoms with Gasteiger partial charge in [0.2, 0.25) is 0 Å². The van der Waals surface area contributed by atoms with Gasteiger partial charge in [0.05, 0.1) is 7.11 Å². The largest absolute Gasteiger partial charge is 0.550 e. The van der Waals surface area contributed by atoms with Crippen LogP contribution in [0, 0.1) is 11.8 Å². The van der Waals surface area contributed by atoms with Gasteiger partial charge in [0.1, 0.15) is 0 Å². The van der Waals surface area contributed by atoms with Crippen LogP contribution in [0.25, 0.3) is 0 Å². The van der Waals surface area contributed by atoms with Crippen molar-refractivity contribution in [1.29, 1.82) is 0 Å². The van der Waals surface area contributed by atoms with Gasteiger partial charge in [-0.05, 0) is 24.7 Å².